The summed E-state index contributed by atoms with van der Waals surface area (Å²) in [5.74, 6) is 0.213. The molecule has 7 heteroatoms. The Morgan fingerprint density at radius 1 is 0.750 bits per heavy atom. The molecule has 4 rings (SSSR count). The lowest BCUT2D eigenvalue weighted by Gasteiger charge is -2.18. The monoisotopic (exact) mass is 378 g/mol. The van der Waals surface area contributed by atoms with Crippen LogP contribution in [-0.4, -0.2) is 30.9 Å². The van der Waals surface area contributed by atoms with Gasteiger partial charge < -0.3 is 20.4 Å². The zero-order chi connectivity index (χ0) is 19.5. The van der Waals surface area contributed by atoms with Crippen LogP contribution in [0.4, 0.5) is 27.5 Å². The molecule has 144 valence electrons. The lowest BCUT2D eigenvalue weighted by Crippen LogP contribution is -2.25. The van der Waals surface area contributed by atoms with Crippen LogP contribution in [0, 0.1) is 0 Å². The molecular weight excluding hydrogens is 356 g/mol. The highest BCUT2D eigenvalue weighted by Crippen LogP contribution is 2.26. The molecule has 2 aromatic rings. The van der Waals surface area contributed by atoms with Crippen LogP contribution in [0.3, 0.4) is 0 Å². The maximum absolute atomic E-state index is 12.4. The maximum Gasteiger partial charge on any atom is 0.323 e. The minimum atomic E-state index is -0.380. The molecule has 0 atom stereocenters. The predicted molar refractivity (Wildman–Crippen MR) is 109 cm³/mol. The van der Waals surface area contributed by atoms with E-state index in [0.29, 0.717) is 37.3 Å². The highest BCUT2D eigenvalue weighted by molar-refractivity contribution is 6.02. The lowest BCUT2D eigenvalue weighted by atomic mass is 10.2. The number of hydrogen-bond acceptors (Lipinski definition) is 3. The second-order valence-corrected chi connectivity index (χ2v) is 6.98. The summed E-state index contributed by atoms with van der Waals surface area (Å²) < 4.78 is 0. The third kappa shape index (κ3) is 3.83. The first-order valence-corrected chi connectivity index (χ1v) is 9.49. The molecule has 0 unspecified atom stereocenters. The van der Waals surface area contributed by atoms with E-state index in [4.69, 9.17) is 0 Å². The number of amides is 4. The van der Waals surface area contributed by atoms with Crippen molar-refractivity contribution in [3.8, 4) is 0 Å². The number of hydrogen-bond donors (Lipinski definition) is 2. The molecule has 0 bridgehead atoms. The van der Waals surface area contributed by atoms with Gasteiger partial charge in [-0.05, 0) is 49.2 Å². The minimum absolute atomic E-state index is 0.106. The van der Waals surface area contributed by atoms with Crippen LogP contribution in [0.25, 0.3) is 0 Å². The van der Waals surface area contributed by atoms with Crippen molar-refractivity contribution >= 4 is 40.6 Å². The van der Waals surface area contributed by atoms with Gasteiger partial charge in [-0.2, -0.15) is 0 Å². The van der Waals surface area contributed by atoms with Crippen molar-refractivity contribution in [2.45, 2.75) is 25.7 Å². The number of anilines is 4. The first kappa shape index (κ1) is 18.0. The fraction of sp³-hybridized carbons (Fsp3) is 0.286. The summed E-state index contributed by atoms with van der Waals surface area (Å²) in [5.41, 5.74) is 2.80. The molecule has 2 saturated heterocycles. The van der Waals surface area contributed by atoms with E-state index in [1.807, 2.05) is 24.3 Å². The van der Waals surface area contributed by atoms with Crippen LogP contribution in [0.5, 0.6) is 0 Å². The third-order valence-electron chi connectivity index (χ3n) is 4.98. The zero-order valence-electron chi connectivity index (χ0n) is 15.5. The van der Waals surface area contributed by atoms with Gasteiger partial charge in [0.05, 0.1) is 0 Å². The standard InChI is InChI=1S/C21H22N4O3/c26-19-9-3-11-24(19)17-7-1-5-15(13-17)22-21(28)23-16-6-2-8-18(14-16)25-12-4-10-20(25)27/h1-2,5-8,13-14H,3-4,9-12H2,(H2,22,23,28). The molecule has 0 spiro atoms. The summed E-state index contributed by atoms with van der Waals surface area (Å²) in [5, 5.41) is 5.60. The predicted octanol–water partition coefficient (Wildman–Crippen LogP) is 3.58. The second kappa shape index (κ2) is 7.72. The smallest absolute Gasteiger partial charge is 0.312 e. The molecule has 0 saturated carbocycles. The van der Waals surface area contributed by atoms with E-state index in [2.05, 4.69) is 10.6 Å². The van der Waals surface area contributed by atoms with Crippen molar-refractivity contribution in [1.82, 2.24) is 0 Å². The van der Waals surface area contributed by atoms with E-state index in [1.165, 1.54) is 0 Å². The first-order chi connectivity index (χ1) is 13.6. The Bertz CT molecular complexity index is 854. The lowest BCUT2D eigenvalue weighted by molar-refractivity contribution is -0.117. The number of carbonyl (C=O) groups excluding carboxylic acids is 3. The minimum Gasteiger partial charge on any atom is -0.312 e. The molecule has 2 fully saturated rings. The van der Waals surface area contributed by atoms with Crippen molar-refractivity contribution in [3.05, 3.63) is 48.5 Å². The molecule has 0 aliphatic carbocycles. The topological polar surface area (TPSA) is 81.8 Å². The molecule has 4 amide bonds. The van der Waals surface area contributed by atoms with Gasteiger partial charge in [-0.1, -0.05) is 12.1 Å². The molecule has 0 aromatic heterocycles. The summed E-state index contributed by atoms with van der Waals surface area (Å²) in [6, 6.07) is 14.1. The van der Waals surface area contributed by atoms with Crippen LogP contribution >= 0.6 is 0 Å². The van der Waals surface area contributed by atoms with Crippen LogP contribution in [-0.2, 0) is 9.59 Å². The molecule has 2 N–H and O–H groups in total. The maximum atomic E-state index is 12.4. The summed E-state index contributed by atoms with van der Waals surface area (Å²) >= 11 is 0. The number of nitrogens with one attached hydrogen (secondary N) is 2. The molecule has 0 radical (unpaired) electrons. The Balaban J connectivity index is 1.42. The van der Waals surface area contributed by atoms with Crippen molar-refractivity contribution in [2.24, 2.45) is 0 Å². The largest absolute Gasteiger partial charge is 0.323 e. The van der Waals surface area contributed by atoms with Gasteiger partial charge in [0, 0.05) is 48.7 Å². The summed E-state index contributed by atoms with van der Waals surface area (Å²) in [7, 11) is 0. The van der Waals surface area contributed by atoms with Crippen LogP contribution in [0.2, 0.25) is 0 Å². The number of urea groups is 1. The second-order valence-electron chi connectivity index (χ2n) is 6.98. The molecule has 2 aliphatic rings. The van der Waals surface area contributed by atoms with Crippen LogP contribution in [0.15, 0.2) is 48.5 Å². The van der Waals surface area contributed by atoms with E-state index in [0.717, 1.165) is 24.2 Å². The van der Waals surface area contributed by atoms with E-state index in [-0.39, 0.29) is 17.8 Å². The fourth-order valence-corrected chi connectivity index (χ4v) is 3.64. The average Bonchev–Trinajstić information content (AvgIpc) is 3.30. The van der Waals surface area contributed by atoms with E-state index >= 15 is 0 Å². The van der Waals surface area contributed by atoms with Gasteiger partial charge in [-0.25, -0.2) is 4.79 Å². The molecule has 2 aliphatic heterocycles. The molecular formula is C21H22N4O3. The van der Waals surface area contributed by atoms with Crippen LogP contribution in [0.1, 0.15) is 25.7 Å². The number of nitrogens with zero attached hydrogens (tertiary/aromatic N) is 2. The Kier molecular flexibility index (Phi) is 4.97. The fourth-order valence-electron chi connectivity index (χ4n) is 3.64. The zero-order valence-corrected chi connectivity index (χ0v) is 15.5. The Labute approximate surface area is 163 Å². The summed E-state index contributed by atoms with van der Waals surface area (Å²) in [4.78, 5) is 39.7. The normalized spacial score (nSPS) is 16.6. The number of rotatable bonds is 4. The van der Waals surface area contributed by atoms with Gasteiger partial charge in [0.1, 0.15) is 0 Å². The van der Waals surface area contributed by atoms with Crippen LogP contribution < -0.4 is 20.4 Å². The van der Waals surface area contributed by atoms with E-state index < -0.39 is 0 Å². The summed E-state index contributed by atoms with van der Waals surface area (Å²) in [6.07, 6.45) is 2.84. The summed E-state index contributed by atoms with van der Waals surface area (Å²) in [6.45, 7) is 1.41. The van der Waals surface area contributed by atoms with Gasteiger partial charge in [0.25, 0.3) is 0 Å². The van der Waals surface area contributed by atoms with Crippen molar-refractivity contribution in [1.29, 1.82) is 0 Å². The molecule has 2 aromatic carbocycles. The SMILES string of the molecule is O=C(Nc1cccc(N2CCCC2=O)c1)Nc1cccc(N2CCCC2=O)c1. The van der Waals surface area contributed by atoms with Gasteiger partial charge in [-0.15, -0.1) is 0 Å². The van der Waals surface area contributed by atoms with Crippen molar-refractivity contribution in [2.75, 3.05) is 33.5 Å². The first-order valence-electron chi connectivity index (χ1n) is 9.49. The molecule has 28 heavy (non-hydrogen) atoms. The molecule has 7 nitrogen and oxygen atoms in total. The highest BCUT2D eigenvalue weighted by Gasteiger charge is 2.23. The average molecular weight is 378 g/mol. The van der Waals surface area contributed by atoms with Crippen molar-refractivity contribution < 1.29 is 14.4 Å². The quantitative estimate of drug-likeness (QED) is 0.853. The third-order valence-corrected chi connectivity index (χ3v) is 4.98. The van der Waals surface area contributed by atoms with Crippen molar-refractivity contribution in [3.63, 3.8) is 0 Å². The highest BCUT2D eigenvalue weighted by atomic mass is 16.2. The number of benzene rings is 2. The van der Waals surface area contributed by atoms with Gasteiger partial charge in [-0.3, -0.25) is 9.59 Å². The number of carbonyl (C=O) groups is 3. The van der Waals surface area contributed by atoms with E-state index in [1.54, 1.807) is 34.1 Å². The van der Waals surface area contributed by atoms with Gasteiger partial charge in [0.15, 0.2) is 0 Å². The van der Waals surface area contributed by atoms with E-state index in [9.17, 15) is 14.4 Å². The Morgan fingerprint density at radius 3 is 1.61 bits per heavy atom. The Morgan fingerprint density at radius 2 is 1.21 bits per heavy atom. The Hall–Kier alpha value is -3.35. The van der Waals surface area contributed by atoms with Gasteiger partial charge >= 0.3 is 6.03 Å². The molecule has 2 heterocycles. The van der Waals surface area contributed by atoms with Gasteiger partial charge in [0.2, 0.25) is 11.8 Å².